The van der Waals surface area contributed by atoms with Crippen LogP contribution in [0, 0.1) is 0 Å². The van der Waals surface area contributed by atoms with Gasteiger partial charge in [0.15, 0.2) is 0 Å². The number of methoxy groups -OCH3 is 1. The van der Waals surface area contributed by atoms with Gasteiger partial charge >= 0.3 is 5.97 Å². The Morgan fingerprint density at radius 1 is 1.39 bits per heavy atom. The van der Waals surface area contributed by atoms with Crippen molar-refractivity contribution in [3.63, 3.8) is 0 Å². The molecule has 0 spiro atoms. The summed E-state index contributed by atoms with van der Waals surface area (Å²) in [6.07, 6.45) is 4.40. The summed E-state index contributed by atoms with van der Waals surface area (Å²) < 4.78 is 6.55. The molecule has 0 unspecified atom stereocenters. The number of piperidine rings is 1. The second-order valence-electron chi connectivity index (χ2n) is 4.54. The maximum absolute atomic E-state index is 12.4. The number of amides is 1. The predicted octanol–water partition coefficient (Wildman–Crippen LogP) is 1.19. The van der Waals surface area contributed by atoms with E-state index >= 15 is 0 Å². The van der Waals surface area contributed by atoms with Gasteiger partial charge in [-0.1, -0.05) is 0 Å². The van der Waals surface area contributed by atoms with Gasteiger partial charge in [-0.05, 0) is 31.4 Å². The zero-order chi connectivity index (χ0) is 13.1. The van der Waals surface area contributed by atoms with Crippen LogP contribution in [0.15, 0.2) is 18.3 Å². The van der Waals surface area contributed by atoms with Gasteiger partial charge in [0.25, 0.3) is 5.91 Å². The first-order valence-electron chi connectivity index (χ1n) is 6.15. The van der Waals surface area contributed by atoms with Gasteiger partial charge < -0.3 is 14.2 Å². The predicted molar refractivity (Wildman–Crippen MR) is 66.1 cm³/mol. The molecule has 18 heavy (non-hydrogen) atoms. The van der Waals surface area contributed by atoms with Crippen molar-refractivity contribution >= 4 is 11.9 Å². The minimum absolute atomic E-state index is 0.0994. The van der Waals surface area contributed by atoms with Crippen LogP contribution in [0.3, 0.4) is 0 Å². The Labute approximate surface area is 106 Å². The van der Waals surface area contributed by atoms with Gasteiger partial charge in [-0.2, -0.15) is 0 Å². The van der Waals surface area contributed by atoms with Crippen molar-refractivity contribution in [3.05, 3.63) is 24.0 Å². The number of esters is 1. The molecule has 2 heterocycles. The lowest BCUT2D eigenvalue weighted by atomic mass is 10.0. The zero-order valence-electron chi connectivity index (χ0n) is 10.8. The maximum atomic E-state index is 12.4. The fourth-order valence-electron chi connectivity index (χ4n) is 2.39. The van der Waals surface area contributed by atoms with E-state index in [1.807, 2.05) is 19.3 Å². The van der Waals surface area contributed by atoms with E-state index in [1.165, 1.54) is 7.11 Å². The number of nitrogens with zero attached hydrogens (tertiary/aromatic N) is 2. The summed E-state index contributed by atoms with van der Waals surface area (Å²) in [7, 11) is 3.19. The molecule has 1 aliphatic rings. The van der Waals surface area contributed by atoms with Crippen molar-refractivity contribution in [3.8, 4) is 0 Å². The van der Waals surface area contributed by atoms with Crippen LogP contribution in [0.1, 0.15) is 29.8 Å². The number of carbonyl (C=O) groups excluding carboxylic acids is 2. The monoisotopic (exact) mass is 250 g/mol. The third-order valence-corrected chi connectivity index (χ3v) is 3.40. The molecule has 98 valence electrons. The van der Waals surface area contributed by atoms with Gasteiger partial charge in [0, 0.05) is 19.8 Å². The molecule has 0 N–H and O–H groups in total. The van der Waals surface area contributed by atoms with Crippen LogP contribution in [0.4, 0.5) is 0 Å². The molecular weight excluding hydrogens is 232 g/mol. The summed E-state index contributed by atoms with van der Waals surface area (Å²) in [6, 6.07) is 3.15. The molecule has 0 aliphatic carbocycles. The molecule has 1 aromatic heterocycles. The number of hydrogen-bond acceptors (Lipinski definition) is 3. The number of rotatable bonds is 2. The summed E-state index contributed by atoms with van der Waals surface area (Å²) in [5, 5.41) is 0. The van der Waals surface area contributed by atoms with Crippen molar-refractivity contribution in [1.82, 2.24) is 9.47 Å². The number of hydrogen-bond donors (Lipinski definition) is 0. The van der Waals surface area contributed by atoms with Crippen molar-refractivity contribution in [2.45, 2.75) is 25.3 Å². The van der Waals surface area contributed by atoms with Crippen molar-refractivity contribution in [2.75, 3.05) is 13.7 Å². The topological polar surface area (TPSA) is 51.5 Å². The Hall–Kier alpha value is -1.78. The van der Waals surface area contributed by atoms with Crippen LogP contribution in [0.5, 0.6) is 0 Å². The summed E-state index contributed by atoms with van der Waals surface area (Å²) in [5.74, 6) is -0.421. The second-order valence-corrected chi connectivity index (χ2v) is 4.54. The van der Waals surface area contributed by atoms with Crippen molar-refractivity contribution < 1.29 is 14.3 Å². The summed E-state index contributed by atoms with van der Waals surface area (Å²) in [5.41, 5.74) is 0.603. The molecule has 0 radical (unpaired) electrons. The first kappa shape index (κ1) is 12.7. The quantitative estimate of drug-likeness (QED) is 0.741. The molecule has 0 aromatic carbocycles. The minimum atomic E-state index is -0.439. The van der Waals surface area contributed by atoms with E-state index in [4.69, 9.17) is 4.74 Å². The Kier molecular flexibility index (Phi) is 3.69. The lowest BCUT2D eigenvalue weighted by molar-refractivity contribution is -0.147. The van der Waals surface area contributed by atoms with Crippen molar-refractivity contribution in [2.24, 2.45) is 7.05 Å². The number of aryl methyl sites for hydroxylation is 1. The Bertz CT molecular complexity index is 453. The highest BCUT2D eigenvalue weighted by atomic mass is 16.5. The molecule has 1 aliphatic heterocycles. The number of likely N-dealkylation sites (tertiary alicyclic amines) is 1. The van der Waals surface area contributed by atoms with Crippen LogP contribution in [0.25, 0.3) is 0 Å². The molecule has 5 heteroatoms. The SMILES string of the molecule is COC(=O)[C@H]1CCCCN1C(=O)c1cccn1C. The highest BCUT2D eigenvalue weighted by molar-refractivity contribution is 5.95. The Balaban J connectivity index is 2.21. The minimum Gasteiger partial charge on any atom is -0.467 e. The standard InChI is InChI=1S/C13H18N2O3/c1-14-8-5-7-10(14)12(16)15-9-4-3-6-11(15)13(17)18-2/h5,7-8,11H,3-4,6,9H2,1-2H3/t11-/m1/s1. The molecular formula is C13H18N2O3. The lowest BCUT2D eigenvalue weighted by Gasteiger charge is -2.33. The van der Waals surface area contributed by atoms with E-state index in [0.717, 1.165) is 12.8 Å². The van der Waals surface area contributed by atoms with E-state index in [0.29, 0.717) is 18.7 Å². The summed E-state index contributed by atoms with van der Waals surface area (Å²) in [6.45, 7) is 0.615. The molecule has 0 bridgehead atoms. The second kappa shape index (κ2) is 5.25. The van der Waals surface area contributed by atoms with E-state index in [-0.39, 0.29) is 11.9 Å². The van der Waals surface area contributed by atoms with Crippen LogP contribution in [0.2, 0.25) is 0 Å². The van der Waals surface area contributed by atoms with E-state index in [2.05, 4.69) is 0 Å². The molecule has 5 nitrogen and oxygen atoms in total. The Morgan fingerprint density at radius 2 is 2.17 bits per heavy atom. The van der Waals surface area contributed by atoms with Gasteiger partial charge in [0.05, 0.1) is 7.11 Å². The van der Waals surface area contributed by atoms with Gasteiger partial charge in [-0.3, -0.25) is 4.79 Å². The summed E-state index contributed by atoms with van der Waals surface area (Å²) >= 11 is 0. The molecule has 1 saturated heterocycles. The largest absolute Gasteiger partial charge is 0.467 e. The first-order valence-corrected chi connectivity index (χ1v) is 6.15. The number of ether oxygens (including phenoxy) is 1. The molecule has 0 saturated carbocycles. The molecule has 1 atom stereocenters. The third-order valence-electron chi connectivity index (χ3n) is 3.40. The molecule has 2 rings (SSSR count). The molecule has 1 aromatic rings. The van der Waals surface area contributed by atoms with E-state index in [9.17, 15) is 9.59 Å². The average Bonchev–Trinajstić information content (AvgIpc) is 2.83. The smallest absolute Gasteiger partial charge is 0.328 e. The first-order chi connectivity index (χ1) is 8.65. The summed E-state index contributed by atoms with van der Waals surface area (Å²) in [4.78, 5) is 25.8. The fraction of sp³-hybridized carbons (Fsp3) is 0.538. The lowest BCUT2D eigenvalue weighted by Crippen LogP contribution is -2.48. The van der Waals surface area contributed by atoms with E-state index in [1.54, 1.807) is 15.5 Å². The van der Waals surface area contributed by atoms with Crippen LogP contribution >= 0.6 is 0 Å². The third kappa shape index (κ3) is 2.25. The van der Waals surface area contributed by atoms with Crippen LogP contribution in [-0.4, -0.2) is 41.0 Å². The number of carbonyl (C=O) groups is 2. The van der Waals surface area contributed by atoms with Gasteiger partial charge in [-0.15, -0.1) is 0 Å². The maximum Gasteiger partial charge on any atom is 0.328 e. The Morgan fingerprint density at radius 3 is 2.78 bits per heavy atom. The van der Waals surface area contributed by atoms with Crippen molar-refractivity contribution in [1.29, 1.82) is 0 Å². The highest BCUT2D eigenvalue weighted by Crippen LogP contribution is 2.20. The molecule has 1 amide bonds. The number of aromatic nitrogens is 1. The van der Waals surface area contributed by atoms with Gasteiger partial charge in [0.1, 0.15) is 11.7 Å². The van der Waals surface area contributed by atoms with Crippen LogP contribution in [-0.2, 0) is 16.6 Å². The fourth-order valence-corrected chi connectivity index (χ4v) is 2.39. The zero-order valence-corrected chi connectivity index (χ0v) is 10.8. The average molecular weight is 250 g/mol. The van der Waals surface area contributed by atoms with Gasteiger partial charge in [-0.25, -0.2) is 4.79 Å². The highest BCUT2D eigenvalue weighted by Gasteiger charge is 2.33. The van der Waals surface area contributed by atoms with Crippen LogP contribution < -0.4 is 0 Å². The normalized spacial score (nSPS) is 19.7. The molecule has 1 fully saturated rings. The van der Waals surface area contributed by atoms with E-state index < -0.39 is 6.04 Å². The van der Waals surface area contributed by atoms with Gasteiger partial charge in [0.2, 0.25) is 0 Å².